The summed E-state index contributed by atoms with van der Waals surface area (Å²) in [6.07, 6.45) is -0.141. The van der Waals surface area contributed by atoms with Crippen LogP contribution in [0.15, 0.2) is 22.7 Å². The Morgan fingerprint density at radius 1 is 1.47 bits per heavy atom. The number of rotatable bonds is 2. The third kappa shape index (κ3) is 1.51. The van der Waals surface area contributed by atoms with E-state index in [0.717, 1.165) is 10.0 Å². The lowest BCUT2D eigenvalue weighted by Gasteiger charge is -2.16. The van der Waals surface area contributed by atoms with Gasteiger partial charge in [-0.3, -0.25) is 0 Å². The van der Waals surface area contributed by atoms with Crippen LogP contribution in [0.4, 0.5) is 8.78 Å². The minimum atomic E-state index is -2.65. The molecule has 0 aromatic heterocycles. The van der Waals surface area contributed by atoms with Crippen molar-refractivity contribution in [3.8, 4) is 0 Å². The summed E-state index contributed by atoms with van der Waals surface area (Å²) in [7, 11) is 0. The fourth-order valence-electron chi connectivity index (χ4n) is 1.97. The quantitative estimate of drug-likeness (QED) is 0.882. The molecular formula is C11H12BrF2N. The highest BCUT2D eigenvalue weighted by atomic mass is 79.9. The number of hydrogen-bond acceptors (Lipinski definition) is 1. The number of benzene rings is 1. The van der Waals surface area contributed by atoms with Crippen molar-refractivity contribution in [2.45, 2.75) is 24.7 Å². The normalized spacial score (nSPS) is 27.8. The van der Waals surface area contributed by atoms with Gasteiger partial charge in [0.15, 0.2) is 0 Å². The maximum atomic E-state index is 13.3. The van der Waals surface area contributed by atoms with Crippen LogP contribution in [0.2, 0.25) is 0 Å². The Morgan fingerprint density at radius 2 is 2.07 bits per heavy atom. The number of alkyl halides is 2. The van der Waals surface area contributed by atoms with Crippen molar-refractivity contribution in [2.75, 3.05) is 6.54 Å². The van der Waals surface area contributed by atoms with E-state index in [0.29, 0.717) is 5.56 Å². The van der Waals surface area contributed by atoms with E-state index in [1.807, 2.05) is 19.1 Å². The van der Waals surface area contributed by atoms with E-state index in [1.165, 1.54) is 0 Å². The second kappa shape index (κ2) is 3.25. The summed E-state index contributed by atoms with van der Waals surface area (Å²) >= 11 is 3.33. The van der Waals surface area contributed by atoms with Crippen LogP contribution in [0.3, 0.4) is 0 Å². The fourth-order valence-corrected chi connectivity index (χ4v) is 2.84. The van der Waals surface area contributed by atoms with E-state index in [2.05, 4.69) is 15.9 Å². The Kier molecular flexibility index (Phi) is 2.39. The third-order valence-corrected chi connectivity index (χ3v) is 3.74. The fraction of sp³-hybridized carbons (Fsp3) is 0.455. The summed E-state index contributed by atoms with van der Waals surface area (Å²) in [5, 5.41) is 0. The van der Waals surface area contributed by atoms with Gasteiger partial charge in [0.05, 0.1) is 5.41 Å². The van der Waals surface area contributed by atoms with Gasteiger partial charge in [0.2, 0.25) is 0 Å². The minimum Gasteiger partial charge on any atom is -0.329 e. The van der Waals surface area contributed by atoms with E-state index in [4.69, 9.17) is 5.73 Å². The molecule has 82 valence electrons. The standard InChI is InChI=1S/C11H12BrF2N/c1-7-2-3-8(9(12)4-7)10(6-15)5-11(10,13)14/h2-4H,5-6,15H2,1H3. The molecule has 1 unspecified atom stereocenters. The van der Waals surface area contributed by atoms with Gasteiger partial charge in [0, 0.05) is 17.4 Å². The van der Waals surface area contributed by atoms with Crippen molar-refractivity contribution in [2.24, 2.45) is 5.73 Å². The molecular weight excluding hydrogens is 264 g/mol. The molecule has 0 saturated heterocycles. The predicted molar refractivity (Wildman–Crippen MR) is 59.2 cm³/mol. The minimum absolute atomic E-state index is 0.0122. The molecule has 2 N–H and O–H groups in total. The second-order valence-corrected chi connectivity index (χ2v) is 5.01. The molecule has 1 atom stereocenters. The molecule has 0 bridgehead atoms. The van der Waals surface area contributed by atoms with Crippen LogP contribution in [0.25, 0.3) is 0 Å². The first-order valence-corrected chi connectivity index (χ1v) is 5.57. The van der Waals surface area contributed by atoms with Gasteiger partial charge in [-0.2, -0.15) is 0 Å². The van der Waals surface area contributed by atoms with E-state index < -0.39 is 11.3 Å². The average molecular weight is 276 g/mol. The van der Waals surface area contributed by atoms with Crippen molar-refractivity contribution in [3.63, 3.8) is 0 Å². The van der Waals surface area contributed by atoms with Gasteiger partial charge in [0.1, 0.15) is 0 Å². The Morgan fingerprint density at radius 3 is 2.47 bits per heavy atom. The van der Waals surface area contributed by atoms with Crippen molar-refractivity contribution in [3.05, 3.63) is 33.8 Å². The summed E-state index contributed by atoms with van der Waals surface area (Å²) in [4.78, 5) is 0. The van der Waals surface area contributed by atoms with Crippen LogP contribution in [0.1, 0.15) is 17.5 Å². The molecule has 1 fully saturated rings. The Bertz CT molecular complexity index is 406. The van der Waals surface area contributed by atoms with E-state index >= 15 is 0 Å². The van der Waals surface area contributed by atoms with E-state index in [-0.39, 0.29) is 13.0 Å². The molecule has 0 spiro atoms. The first-order valence-electron chi connectivity index (χ1n) is 4.77. The highest BCUT2D eigenvalue weighted by Crippen LogP contribution is 2.62. The monoisotopic (exact) mass is 275 g/mol. The topological polar surface area (TPSA) is 26.0 Å². The molecule has 1 saturated carbocycles. The van der Waals surface area contributed by atoms with E-state index in [1.54, 1.807) is 6.07 Å². The van der Waals surface area contributed by atoms with Crippen molar-refractivity contribution >= 4 is 15.9 Å². The summed E-state index contributed by atoms with van der Waals surface area (Å²) in [6.45, 7) is 1.91. The summed E-state index contributed by atoms with van der Waals surface area (Å²) in [6, 6.07) is 5.43. The smallest absolute Gasteiger partial charge is 0.260 e. The molecule has 1 aliphatic carbocycles. The first-order chi connectivity index (χ1) is 6.93. The zero-order valence-corrected chi connectivity index (χ0v) is 9.94. The van der Waals surface area contributed by atoms with Gasteiger partial charge in [0.25, 0.3) is 5.92 Å². The molecule has 0 heterocycles. The first kappa shape index (κ1) is 11.0. The van der Waals surface area contributed by atoms with E-state index in [9.17, 15) is 8.78 Å². The van der Waals surface area contributed by atoms with Gasteiger partial charge >= 0.3 is 0 Å². The zero-order valence-electron chi connectivity index (χ0n) is 8.36. The molecule has 1 nitrogen and oxygen atoms in total. The maximum absolute atomic E-state index is 13.3. The lowest BCUT2D eigenvalue weighted by Crippen LogP contribution is -2.27. The molecule has 1 aromatic carbocycles. The van der Waals surface area contributed by atoms with Crippen molar-refractivity contribution < 1.29 is 8.78 Å². The number of aryl methyl sites for hydroxylation is 1. The third-order valence-electron chi connectivity index (χ3n) is 3.09. The molecule has 0 aliphatic heterocycles. The van der Waals surface area contributed by atoms with Crippen LogP contribution in [0, 0.1) is 6.92 Å². The molecule has 4 heteroatoms. The lowest BCUT2D eigenvalue weighted by molar-refractivity contribution is 0.0894. The van der Waals surface area contributed by atoms with Gasteiger partial charge in [-0.1, -0.05) is 28.1 Å². The van der Waals surface area contributed by atoms with Gasteiger partial charge in [-0.05, 0) is 24.1 Å². The molecule has 2 rings (SSSR count). The van der Waals surface area contributed by atoms with Crippen LogP contribution in [0.5, 0.6) is 0 Å². The summed E-state index contributed by atoms with van der Waals surface area (Å²) < 4.78 is 27.4. The highest BCUT2D eigenvalue weighted by molar-refractivity contribution is 9.10. The summed E-state index contributed by atoms with van der Waals surface area (Å²) in [5.74, 6) is -2.65. The molecule has 1 aromatic rings. The van der Waals surface area contributed by atoms with Gasteiger partial charge in [-0.15, -0.1) is 0 Å². The second-order valence-electron chi connectivity index (χ2n) is 4.15. The van der Waals surface area contributed by atoms with Gasteiger partial charge in [-0.25, -0.2) is 8.78 Å². The lowest BCUT2D eigenvalue weighted by atomic mass is 9.94. The van der Waals surface area contributed by atoms with Crippen molar-refractivity contribution in [1.82, 2.24) is 0 Å². The molecule has 0 radical (unpaired) electrons. The number of nitrogens with two attached hydrogens (primary N) is 1. The van der Waals surface area contributed by atoms with Gasteiger partial charge < -0.3 is 5.73 Å². The molecule has 1 aliphatic rings. The average Bonchev–Trinajstić information content (AvgIpc) is 2.69. The Balaban J connectivity index is 2.46. The number of hydrogen-bond donors (Lipinski definition) is 1. The Labute approximate surface area is 95.8 Å². The van der Waals surface area contributed by atoms with Crippen LogP contribution in [-0.2, 0) is 5.41 Å². The molecule has 0 amide bonds. The van der Waals surface area contributed by atoms with Crippen LogP contribution >= 0.6 is 15.9 Å². The van der Waals surface area contributed by atoms with Crippen molar-refractivity contribution in [1.29, 1.82) is 0 Å². The largest absolute Gasteiger partial charge is 0.329 e. The maximum Gasteiger partial charge on any atom is 0.260 e. The SMILES string of the molecule is Cc1ccc(C2(CN)CC2(F)F)c(Br)c1. The summed E-state index contributed by atoms with van der Waals surface area (Å²) in [5.41, 5.74) is 6.01. The molecule has 15 heavy (non-hydrogen) atoms. The Hall–Kier alpha value is -0.480. The van der Waals surface area contributed by atoms with Crippen LogP contribution < -0.4 is 5.73 Å². The highest BCUT2D eigenvalue weighted by Gasteiger charge is 2.71. The predicted octanol–water partition coefficient (Wildman–Crippen LogP) is 2.99. The zero-order chi connectivity index (χ0) is 11.3. The van der Waals surface area contributed by atoms with Crippen LogP contribution in [-0.4, -0.2) is 12.5 Å². The number of halogens is 3.